The van der Waals surface area contributed by atoms with Crippen molar-refractivity contribution in [2.24, 2.45) is 0 Å². The van der Waals surface area contributed by atoms with Crippen molar-refractivity contribution in [1.29, 1.82) is 0 Å². The number of carboxylic acids is 5. The van der Waals surface area contributed by atoms with E-state index >= 15 is 0 Å². The van der Waals surface area contributed by atoms with Gasteiger partial charge < -0.3 is 30.6 Å². The number of carboxylic acid groups (broad SMARTS) is 5. The molecular weight excluding hydrogens is 468 g/mol. The molecule has 0 saturated heterocycles. The van der Waals surface area contributed by atoms with E-state index in [4.69, 9.17) is 5.11 Å². The van der Waals surface area contributed by atoms with E-state index in [1.54, 1.807) is 24.3 Å². The summed E-state index contributed by atoms with van der Waals surface area (Å²) in [5, 5.41) is 56.8. The third kappa shape index (κ3) is 9.16. The molecule has 13 nitrogen and oxygen atoms in total. The number of benzene rings is 1. The van der Waals surface area contributed by atoms with Gasteiger partial charge in [-0.25, -0.2) is 0 Å². The van der Waals surface area contributed by atoms with Gasteiger partial charge in [-0.05, 0) is 11.1 Å². The molecule has 1 rings (SSSR count). The normalized spacial score (nSPS) is 13.7. The minimum Gasteiger partial charge on any atom is -0.481 e. The standard InChI is InChI=1S/C22H28N2O11/c1-2-13-4-3-5-14(8-13)17(12-25)24(16(22(34)35)10-19(28)29)7-6-23(11-20(30)31)15(21(32)33)9-18(26)27/h2-5,8,15-17,25H,1,6-7,9-12H2,(H,26,27)(H,28,29)(H,30,31)(H,32,33)(H,34,35). The summed E-state index contributed by atoms with van der Waals surface area (Å²) in [6, 6.07) is 1.99. The van der Waals surface area contributed by atoms with E-state index in [-0.39, 0.29) is 0 Å². The first-order valence-electron chi connectivity index (χ1n) is 10.3. The van der Waals surface area contributed by atoms with Gasteiger partial charge in [-0.3, -0.25) is 33.8 Å². The highest BCUT2D eigenvalue weighted by molar-refractivity contribution is 5.82. The number of aliphatic carboxylic acids is 5. The molecule has 192 valence electrons. The second-order valence-electron chi connectivity index (χ2n) is 7.58. The molecule has 0 radical (unpaired) electrons. The Labute approximate surface area is 200 Å². The fourth-order valence-corrected chi connectivity index (χ4v) is 3.64. The molecule has 0 aliphatic carbocycles. The largest absolute Gasteiger partial charge is 0.481 e. The Bertz CT molecular complexity index is 949. The third-order valence-electron chi connectivity index (χ3n) is 5.24. The van der Waals surface area contributed by atoms with Gasteiger partial charge in [-0.2, -0.15) is 0 Å². The molecule has 6 N–H and O–H groups in total. The highest BCUT2D eigenvalue weighted by Crippen LogP contribution is 2.26. The topological polar surface area (TPSA) is 213 Å². The molecule has 0 saturated carbocycles. The first-order chi connectivity index (χ1) is 16.4. The highest BCUT2D eigenvalue weighted by atomic mass is 16.4. The van der Waals surface area contributed by atoms with Crippen LogP contribution in [0.4, 0.5) is 0 Å². The Balaban J connectivity index is 3.46. The lowest BCUT2D eigenvalue weighted by molar-refractivity contribution is -0.154. The van der Waals surface area contributed by atoms with Gasteiger partial charge in [0.1, 0.15) is 12.1 Å². The van der Waals surface area contributed by atoms with Crippen LogP contribution in [0, 0.1) is 0 Å². The van der Waals surface area contributed by atoms with Crippen LogP contribution < -0.4 is 0 Å². The monoisotopic (exact) mass is 496 g/mol. The quantitative estimate of drug-likeness (QED) is 0.166. The predicted octanol–water partition coefficient (Wildman–Crippen LogP) is -0.0926. The molecule has 3 atom stereocenters. The number of aliphatic hydroxyl groups excluding tert-OH is 1. The SMILES string of the molecule is C=Cc1cccc(C(CO)N(CCN(CC(=O)O)C(CC(=O)O)C(=O)O)C(CC(=O)O)C(=O)O)c1. The van der Waals surface area contributed by atoms with Gasteiger partial charge >= 0.3 is 29.8 Å². The van der Waals surface area contributed by atoms with Gasteiger partial charge in [0.25, 0.3) is 0 Å². The van der Waals surface area contributed by atoms with E-state index in [2.05, 4.69) is 6.58 Å². The minimum atomic E-state index is -1.75. The Morgan fingerprint density at radius 1 is 0.857 bits per heavy atom. The number of rotatable bonds is 17. The third-order valence-corrected chi connectivity index (χ3v) is 5.24. The molecule has 1 aromatic carbocycles. The first kappa shape index (κ1) is 29.2. The van der Waals surface area contributed by atoms with Crippen molar-refractivity contribution in [2.75, 3.05) is 26.2 Å². The summed E-state index contributed by atoms with van der Waals surface area (Å²) in [7, 11) is 0. The van der Waals surface area contributed by atoms with Gasteiger partial charge in [0.2, 0.25) is 0 Å². The zero-order valence-electron chi connectivity index (χ0n) is 18.7. The molecule has 3 unspecified atom stereocenters. The predicted molar refractivity (Wildman–Crippen MR) is 120 cm³/mol. The van der Waals surface area contributed by atoms with E-state index in [0.717, 1.165) is 9.80 Å². The number of aliphatic hydroxyl groups is 1. The van der Waals surface area contributed by atoms with Crippen LogP contribution in [0.3, 0.4) is 0 Å². The lowest BCUT2D eigenvalue weighted by atomic mass is 10.00. The van der Waals surface area contributed by atoms with Crippen LogP contribution in [-0.2, 0) is 24.0 Å². The molecule has 0 bridgehead atoms. The lowest BCUT2D eigenvalue weighted by Crippen LogP contribution is -2.52. The average molecular weight is 496 g/mol. The molecule has 0 aliphatic rings. The van der Waals surface area contributed by atoms with Crippen molar-refractivity contribution in [3.05, 3.63) is 42.0 Å². The van der Waals surface area contributed by atoms with Crippen molar-refractivity contribution in [2.45, 2.75) is 31.0 Å². The molecular formula is C22H28N2O11. The van der Waals surface area contributed by atoms with Crippen LogP contribution in [0.2, 0.25) is 0 Å². The summed E-state index contributed by atoms with van der Waals surface area (Å²) < 4.78 is 0. The van der Waals surface area contributed by atoms with Gasteiger partial charge in [0.05, 0.1) is 32.0 Å². The van der Waals surface area contributed by atoms with Crippen LogP contribution in [0.15, 0.2) is 30.8 Å². The van der Waals surface area contributed by atoms with Crippen LogP contribution in [0.5, 0.6) is 0 Å². The van der Waals surface area contributed by atoms with Gasteiger partial charge in [-0.1, -0.05) is 36.9 Å². The van der Waals surface area contributed by atoms with Crippen molar-refractivity contribution < 1.29 is 54.6 Å². The summed E-state index contributed by atoms with van der Waals surface area (Å²) in [6.45, 7) is 1.27. The highest BCUT2D eigenvalue weighted by Gasteiger charge is 2.36. The van der Waals surface area contributed by atoms with E-state index in [1.165, 1.54) is 6.08 Å². The van der Waals surface area contributed by atoms with Gasteiger partial charge in [-0.15, -0.1) is 0 Å². The number of nitrogens with zero attached hydrogens (tertiary/aromatic N) is 2. The number of carbonyl (C=O) groups is 5. The zero-order chi connectivity index (χ0) is 26.7. The summed E-state index contributed by atoms with van der Waals surface area (Å²) in [5.74, 6) is -7.52. The van der Waals surface area contributed by atoms with Crippen molar-refractivity contribution in [3.8, 4) is 0 Å². The molecule has 0 spiro atoms. The maximum absolute atomic E-state index is 12.0. The summed E-state index contributed by atoms with van der Waals surface area (Å²) >= 11 is 0. The van der Waals surface area contributed by atoms with Crippen LogP contribution >= 0.6 is 0 Å². The lowest BCUT2D eigenvalue weighted by Gasteiger charge is -2.37. The van der Waals surface area contributed by atoms with Crippen LogP contribution in [0.25, 0.3) is 6.08 Å². The molecule has 0 amide bonds. The molecule has 0 aromatic heterocycles. The second kappa shape index (κ2) is 13.8. The fraction of sp³-hybridized carbons (Fsp3) is 0.409. The maximum Gasteiger partial charge on any atom is 0.321 e. The molecule has 13 heteroatoms. The van der Waals surface area contributed by atoms with Gasteiger partial charge in [0, 0.05) is 13.1 Å². The Morgan fingerprint density at radius 3 is 1.89 bits per heavy atom. The molecule has 35 heavy (non-hydrogen) atoms. The van der Waals surface area contributed by atoms with Crippen molar-refractivity contribution >= 4 is 35.9 Å². The van der Waals surface area contributed by atoms with E-state index in [1.807, 2.05) is 0 Å². The Hall–Kier alpha value is -3.81. The average Bonchev–Trinajstić information content (AvgIpc) is 2.77. The minimum absolute atomic E-state index is 0.398. The van der Waals surface area contributed by atoms with Crippen molar-refractivity contribution in [3.63, 3.8) is 0 Å². The van der Waals surface area contributed by atoms with Crippen LogP contribution in [0.1, 0.15) is 30.0 Å². The van der Waals surface area contributed by atoms with E-state index < -0.39 is 87.1 Å². The molecule has 0 heterocycles. The van der Waals surface area contributed by atoms with Crippen LogP contribution in [-0.4, -0.2) is 109 Å². The maximum atomic E-state index is 12.0. The molecule has 0 aliphatic heterocycles. The summed E-state index contributed by atoms with van der Waals surface area (Å²) in [5.41, 5.74) is 1.04. The van der Waals surface area contributed by atoms with Gasteiger partial charge in [0.15, 0.2) is 0 Å². The molecule has 1 aromatic rings. The number of hydrogen-bond acceptors (Lipinski definition) is 8. The summed E-state index contributed by atoms with van der Waals surface area (Å²) in [6.07, 6.45) is -0.291. The second-order valence-corrected chi connectivity index (χ2v) is 7.58. The zero-order valence-corrected chi connectivity index (χ0v) is 18.7. The number of hydrogen-bond donors (Lipinski definition) is 6. The van der Waals surface area contributed by atoms with E-state index in [0.29, 0.717) is 11.1 Å². The Morgan fingerprint density at radius 2 is 1.43 bits per heavy atom. The first-order valence-corrected chi connectivity index (χ1v) is 10.3. The smallest absolute Gasteiger partial charge is 0.321 e. The van der Waals surface area contributed by atoms with E-state index in [9.17, 15) is 49.5 Å². The Kier molecular flexibility index (Phi) is 11.5. The van der Waals surface area contributed by atoms with Crippen molar-refractivity contribution in [1.82, 2.24) is 9.80 Å². The summed E-state index contributed by atoms with van der Waals surface area (Å²) in [4.78, 5) is 59.4. The molecule has 0 fully saturated rings. The fourth-order valence-electron chi connectivity index (χ4n) is 3.64.